The number of rotatable bonds is 4. The summed E-state index contributed by atoms with van der Waals surface area (Å²) in [6.07, 6.45) is 0.324. The highest BCUT2D eigenvalue weighted by atomic mass is 16.3. The summed E-state index contributed by atoms with van der Waals surface area (Å²) in [4.78, 5) is 26.5. The zero-order valence-electron chi connectivity index (χ0n) is 12.1. The third-order valence-electron chi connectivity index (χ3n) is 3.94. The van der Waals surface area contributed by atoms with Gasteiger partial charge in [-0.15, -0.1) is 0 Å². The number of aliphatic hydroxyl groups is 1. The van der Waals surface area contributed by atoms with Gasteiger partial charge in [0.2, 0.25) is 5.91 Å². The molecule has 22 heavy (non-hydrogen) atoms. The average molecular weight is 295 g/mol. The molecule has 4 nitrogen and oxygen atoms in total. The first-order chi connectivity index (χ1) is 10.7. The van der Waals surface area contributed by atoms with Crippen LogP contribution in [0, 0.1) is 5.92 Å². The number of aliphatic hydroxyl groups excluding tert-OH is 1. The molecular formula is C18H17NO3. The lowest BCUT2D eigenvalue weighted by atomic mass is 10.0. The van der Waals surface area contributed by atoms with E-state index >= 15 is 0 Å². The smallest absolute Gasteiger partial charge is 0.227 e. The van der Waals surface area contributed by atoms with Crippen LogP contribution in [0.25, 0.3) is 0 Å². The van der Waals surface area contributed by atoms with Crippen LogP contribution in [0.3, 0.4) is 0 Å². The van der Waals surface area contributed by atoms with Crippen LogP contribution in [-0.2, 0) is 4.79 Å². The lowest BCUT2D eigenvalue weighted by molar-refractivity contribution is -0.117. The lowest BCUT2D eigenvalue weighted by Gasteiger charge is -2.19. The fourth-order valence-electron chi connectivity index (χ4n) is 2.78. The molecule has 1 N–H and O–H groups in total. The molecule has 0 bridgehead atoms. The van der Waals surface area contributed by atoms with Crippen molar-refractivity contribution in [2.45, 2.75) is 6.42 Å². The van der Waals surface area contributed by atoms with Crippen LogP contribution in [0.2, 0.25) is 0 Å². The van der Waals surface area contributed by atoms with Gasteiger partial charge in [-0.1, -0.05) is 42.5 Å². The number of nitrogens with zero attached hydrogens (tertiary/aromatic N) is 1. The van der Waals surface area contributed by atoms with Crippen molar-refractivity contribution in [1.29, 1.82) is 0 Å². The molecule has 112 valence electrons. The van der Waals surface area contributed by atoms with E-state index in [1.165, 1.54) is 0 Å². The van der Waals surface area contributed by atoms with Gasteiger partial charge in [-0.3, -0.25) is 9.59 Å². The first kappa shape index (κ1) is 14.5. The molecular weight excluding hydrogens is 278 g/mol. The number of amides is 1. The molecule has 0 radical (unpaired) electrons. The summed E-state index contributed by atoms with van der Waals surface area (Å²) < 4.78 is 0. The highest BCUT2D eigenvalue weighted by Crippen LogP contribution is 2.29. The van der Waals surface area contributed by atoms with Gasteiger partial charge in [0.15, 0.2) is 5.78 Å². The van der Waals surface area contributed by atoms with E-state index in [0.717, 1.165) is 0 Å². The molecule has 1 atom stereocenters. The maximum absolute atomic E-state index is 12.7. The predicted octanol–water partition coefficient (Wildman–Crippen LogP) is 2.26. The van der Waals surface area contributed by atoms with Crippen LogP contribution in [0.15, 0.2) is 54.6 Å². The van der Waals surface area contributed by atoms with E-state index in [-0.39, 0.29) is 24.2 Å². The van der Waals surface area contributed by atoms with Crippen molar-refractivity contribution < 1.29 is 14.7 Å². The van der Waals surface area contributed by atoms with Gasteiger partial charge in [0.25, 0.3) is 0 Å². The fourth-order valence-corrected chi connectivity index (χ4v) is 2.78. The zero-order chi connectivity index (χ0) is 15.5. The molecule has 1 heterocycles. The molecule has 4 heteroatoms. The number of ketones is 1. The number of benzene rings is 2. The first-order valence-corrected chi connectivity index (χ1v) is 7.30. The Morgan fingerprint density at radius 3 is 2.45 bits per heavy atom. The second-order valence-corrected chi connectivity index (χ2v) is 5.47. The van der Waals surface area contributed by atoms with E-state index in [9.17, 15) is 14.7 Å². The minimum absolute atomic E-state index is 0.0168. The van der Waals surface area contributed by atoms with E-state index in [2.05, 4.69) is 0 Å². The lowest BCUT2D eigenvalue weighted by Crippen LogP contribution is -2.27. The molecule has 1 aliphatic heterocycles. The third kappa shape index (κ3) is 2.65. The van der Waals surface area contributed by atoms with Gasteiger partial charge in [0.1, 0.15) is 0 Å². The van der Waals surface area contributed by atoms with E-state index < -0.39 is 0 Å². The SMILES string of the molecule is O=C(c1ccccc1)c1ccccc1N1CC(CO)CC1=O. The maximum Gasteiger partial charge on any atom is 0.227 e. The number of carbonyl (C=O) groups excluding carboxylic acids is 2. The molecule has 2 aromatic rings. The molecule has 2 aromatic carbocycles. The monoisotopic (exact) mass is 295 g/mol. The Labute approximate surface area is 129 Å². The van der Waals surface area contributed by atoms with Crippen LogP contribution in [0.4, 0.5) is 5.69 Å². The largest absolute Gasteiger partial charge is 0.396 e. The minimum atomic E-state index is -0.101. The summed E-state index contributed by atoms with van der Waals surface area (Å²) in [5.41, 5.74) is 1.73. The van der Waals surface area contributed by atoms with Gasteiger partial charge in [0.05, 0.1) is 5.69 Å². The summed E-state index contributed by atoms with van der Waals surface area (Å²) in [7, 11) is 0. The van der Waals surface area contributed by atoms with Crippen molar-refractivity contribution in [2.75, 3.05) is 18.1 Å². The molecule has 0 aliphatic carbocycles. The van der Waals surface area contributed by atoms with Gasteiger partial charge >= 0.3 is 0 Å². The van der Waals surface area contributed by atoms with Gasteiger partial charge in [-0.05, 0) is 12.1 Å². The Morgan fingerprint density at radius 2 is 1.77 bits per heavy atom. The number of anilines is 1. The Bertz CT molecular complexity index is 696. The molecule has 0 saturated carbocycles. The first-order valence-electron chi connectivity index (χ1n) is 7.30. The van der Waals surface area contributed by atoms with Crippen LogP contribution in [0.1, 0.15) is 22.3 Å². The standard InChI is InChI=1S/C18H17NO3/c20-12-13-10-17(21)19(11-13)16-9-5-4-8-15(16)18(22)14-6-2-1-3-7-14/h1-9,13,20H,10-12H2. The third-order valence-corrected chi connectivity index (χ3v) is 3.94. The summed E-state index contributed by atoms with van der Waals surface area (Å²) >= 11 is 0. The van der Waals surface area contributed by atoms with E-state index in [1.54, 1.807) is 35.2 Å². The maximum atomic E-state index is 12.7. The highest BCUT2D eigenvalue weighted by Gasteiger charge is 2.32. The van der Waals surface area contributed by atoms with E-state index in [1.807, 2.05) is 24.3 Å². The predicted molar refractivity (Wildman–Crippen MR) is 83.9 cm³/mol. The fraction of sp³-hybridized carbons (Fsp3) is 0.222. The number of para-hydroxylation sites is 1. The Hall–Kier alpha value is -2.46. The molecule has 1 unspecified atom stereocenters. The van der Waals surface area contributed by atoms with Crippen LogP contribution in [-0.4, -0.2) is 29.9 Å². The summed E-state index contributed by atoms with van der Waals surface area (Å²) in [5.74, 6) is -0.212. The zero-order valence-corrected chi connectivity index (χ0v) is 12.1. The Kier molecular flexibility index (Phi) is 4.02. The van der Waals surface area contributed by atoms with Crippen molar-refractivity contribution in [3.05, 3.63) is 65.7 Å². The van der Waals surface area contributed by atoms with Crippen molar-refractivity contribution >= 4 is 17.4 Å². The summed E-state index contributed by atoms with van der Waals surface area (Å²) in [6, 6.07) is 16.2. The second kappa shape index (κ2) is 6.12. The van der Waals surface area contributed by atoms with Crippen molar-refractivity contribution in [3.8, 4) is 0 Å². The number of hydrogen-bond acceptors (Lipinski definition) is 3. The number of hydrogen-bond donors (Lipinski definition) is 1. The number of carbonyl (C=O) groups is 2. The van der Waals surface area contributed by atoms with Crippen molar-refractivity contribution in [1.82, 2.24) is 0 Å². The van der Waals surface area contributed by atoms with Gasteiger partial charge < -0.3 is 10.0 Å². The van der Waals surface area contributed by atoms with Crippen LogP contribution in [0.5, 0.6) is 0 Å². The van der Waals surface area contributed by atoms with E-state index in [0.29, 0.717) is 29.8 Å². The molecule has 1 fully saturated rings. The highest BCUT2D eigenvalue weighted by molar-refractivity contribution is 6.14. The second-order valence-electron chi connectivity index (χ2n) is 5.47. The topological polar surface area (TPSA) is 57.6 Å². The molecule has 0 spiro atoms. The van der Waals surface area contributed by atoms with Crippen LogP contribution < -0.4 is 4.90 Å². The normalized spacial score (nSPS) is 17.8. The van der Waals surface area contributed by atoms with Crippen molar-refractivity contribution in [2.24, 2.45) is 5.92 Å². The molecule has 3 rings (SSSR count). The molecule has 0 aromatic heterocycles. The summed E-state index contributed by atoms with van der Waals surface area (Å²) in [5, 5.41) is 9.26. The van der Waals surface area contributed by atoms with E-state index in [4.69, 9.17) is 0 Å². The summed E-state index contributed by atoms with van der Waals surface area (Å²) in [6.45, 7) is 0.436. The molecule has 1 saturated heterocycles. The van der Waals surface area contributed by atoms with Gasteiger partial charge in [0, 0.05) is 36.6 Å². The van der Waals surface area contributed by atoms with Gasteiger partial charge in [-0.25, -0.2) is 0 Å². The minimum Gasteiger partial charge on any atom is -0.396 e. The quantitative estimate of drug-likeness (QED) is 0.880. The average Bonchev–Trinajstić information content (AvgIpc) is 2.96. The molecule has 1 aliphatic rings. The van der Waals surface area contributed by atoms with Crippen LogP contribution >= 0.6 is 0 Å². The van der Waals surface area contributed by atoms with Gasteiger partial charge in [-0.2, -0.15) is 0 Å². The van der Waals surface area contributed by atoms with Crippen molar-refractivity contribution in [3.63, 3.8) is 0 Å². The molecule has 1 amide bonds. The Morgan fingerprint density at radius 1 is 1.09 bits per heavy atom. The Balaban J connectivity index is 1.97.